The Morgan fingerprint density at radius 2 is 1.74 bits per heavy atom. The first-order valence-electron chi connectivity index (χ1n) is 14.5. The van der Waals surface area contributed by atoms with E-state index < -0.39 is 22.8 Å². The quantitative estimate of drug-likeness (QED) is 0.121. The van der Waals surface area contributed by atoms with E-state index in [-0.39, 0.29) is 66.0 Å². The predicted molar refractivity (Wildman–Crippen MR) is 167 cm³/mol. The first kappa shape index (κ1) is 33.9. The lowest BCUT2D eigenvalue weighted by Gasteiger charge is -2.18. The summed E-state index contributed by atoms with van der Waals surface area (Å²) < 4.78 is 17.9. The van der Waals surface area contributed by atoms with Gasteiger partial charge in [0, 0.05) is 42.9 Å². The molecule has 4 aromatic rings. The minimum atomic E-state index is -0.679. The molecule has 3 aromatic carbocycles. The molecule has 0 atom stereocenters. The lowest BCUT2D eigenvalue weighted by molar-refractivity contribution is -0.384. The first-order chi connectivity index (χ1) is 22.4. The predicted octanol–water partition coefficient (Wildman–Crippen LogP) is 3.94. The average Bonchev–Trinajstić information content (AvgIpc) is 3.37. The van der Waals surface area contributed by atoms with Crippen molar-refractivity contribution in [3.63, 3.8) is 0 Å². The van der Waals surface area contributed by atoms with Crippen molar-refractivity contribution >= 4 is 40.2 Å². The zero-order valence-corrected chi connectivity index (χ0v) is 26.1. The zero-order valence-electron chi connectivity index (χ0n) is 26.1. The molecule has 2 N–H and O–H groups in total. The third-order valence-corrected chi connectivity index (χ3v) is 7.24. The molecule has 0 spiro atoms. The smallest absolute Gasteiger partial charge is 0.325 e. The van der Waals surface area contributed by atoms with Crippen LogP contribution in [0.3, 0.4) is 0 Å². The number of methoxy groups -OCH3 is 1. The molecule has 2 amide bonds. The van der Waals surface area contributed by atoms with Crippen LogP contribution in [0.2, 0.25) is 0 Å². The highest BCUT2D eigenvalue weighted by Gasteiger charge is 2.25. The van der Waals surface area contributed by atoms with Crippen LogP contribution < -0.4 is 10.1 Å². The van der Waals surface area contributed by atoms with E-state index in [9.17, 15) is 34.4 Å². The Balaban J connectivity index is 1.78. The summed E-state index contributed by atoms with van der Waals surface area (Å²) in [7, 11) is 1.23. The largest absolute Gasteiger partial charge is 0.506 e. The normalized spacial score (nSPS) is 10.7. The number of hydrogen-bond donors (Lipinski definition) is 2. The molecule has 0 fully saturated rings. The maximum atomic E-state index is 13.1. The number of amides is 2. The number of hydrogen-bond acceptors (Lipinski definition) is 11. The standard InChI is InChI=1S/C32H33N5O10/c1-5-35(20(3)38)17-29(40)46-18-26-19(2)34-36(21-10-12-22(13-11-21)37(43)44)32(26)47-27-16-25(31(42)33-15-14-28(39)45-4)30(41)24-9-7-6-8-23(24)27/h6-13,16,41H,5,14-15,17-18H2,1-4H3,(H,33,42). The molecule has 1 heterocycles. The number of benzene rings is 3. The second-order valence-corrected chi connectivity index (χ2v) is 10.2. The highest BCUT2D eigenvalue weighted by Crippen LogP contribution is 2.40. The Kier molecular flexibility index (Phi) is 10.7. The number of aromatic nitrogens is 2. The van der Waals surface area contributed by atoms with Gasteiger partial charge in [0.05, 0.1) is 41.0 Å². The number of carbonyl (C=O) groups is 4. The van der Waals surface area contributed by atoms with Gasteiger partial charge in [-0.15, -0.1) is 0 Å². The fourth-order valence-electron chi connectivity index (χ4n) is 4.66. The van der Waals surface area contributed by atoms with Crippen LogP contribution in [0.5, 0.6) is 17.4 Å². The third kappa shape index (κ3) is 7.81. The third-order valence-electron chi connectivity index (χ3n) is 7.24. The molecule has 1 aromatic heterocycles. The molecule has 0 aliphatic carbocycles. The molecular weight excluding hydrogens is 614 g/mol. The van der Waals surface area contributed by atoms with Gasteiger partial charge >= 0.3 is 11.9 Å². The number of nitro groups is 1. The lowest BCUT2D eigenvalue weighted by atomic mass is 10.0. The molecule has 47 heavy (non-hydrogen) atoms. The summed E-state index contributed by atoms with van der Waals surface area (Å²) in [5.41, 5.74) is 0.827. The van der Waals surface area contributed by atoms with Gasteiger partial charge < -0.3 is 29.5 Å². The van der Waals surface area contributed by atoms with Crippen molar-refractivity contribution in [2.75, 3.05) is 26.7 Å². The monoisotopic (exact) mass is 647 g/mol. The Morgan fingerprint density at radius 1 is 1.06 bits per heavy atom. The van der Waals surface area contributed by atoms with E-state index in [2.05, 4.69) is 15.2 Å². The van der Waals surface area contributed by atoms with Crippen LogP contribution in [0.15, 0.2) is 54.6 Å². The number of likely N-dealkylation sites (N-methyl/N-ethyl adjacent to an activating group) is 1. The number of phenolic OH excluding ortho intramolecular Hbond substituents is 1. The van der Waals surface area contributed by atoms with Gasteiger partial charge in [0.2, 0.25) is 11.8 Å². The SMILES string of the molecule is CCN(CC(=O)OCc1c(C)nn(-c2ccc([N+](=O)[O-])cc2)c1Oc1cc(C(=O)NCCC(=O)OC)c(O)c2ccccc12)C(C)=O. The number of fused-ring (bicyclic) bond motifs is 1. The van der Waals surface area contributed by atoms with Gasteiger partial charge in [0.25, 0.3) is 11.6 Å². The summed E-state index contributed by atoms with van der Waals surface area (Å²) in [4.78, 5) is 61.2. The lowest BCUT2D eigenvalue weighted by Crippen LogP contribution is -2.34. The van der Waals surface area contributed by atoms with Gasteiger partial charge in [0.15, 0.2) is 0 Å². The van der Waals surface area contributed by atoms with Gasteiger partial charge in [-0.2, -0.15) is 5.10 Å². The molecular formula is C32H33N5O10. The minimum absolute atomic E-state index is 0.0469. The van der Waals surface area contributed by atoms with E-state index in [0.717, 1.165) is 0 Å². The topological polar surface area (TPSA) is 192 Å². The zero-order chi connectivity index (χ0) is 34.2. The molecule has 0 unspecified atom stereocenters. The Hall–Kier alpha value is -5.99. The van der Waals surface area contributed by atoms with Crippen LogP contribution in [0, 0.1) is 17.0 Å². The number of nitrogens with one attached hydrogen (secondary N) is 1. The van der Waals surface area contributed by atoms with E-state index >= 15 is 0 Å². The van der Waals surface area contributed by atoms with Crippen LogP contribution in [0.4, 0.5) is 5.69 Å². The van der Waals surface area contributed by atoms with E-state index in [1.165, 1.54) is 53.9 Å². The van der Waals surface area contributed by atoms with Crippen molar-refractivity contribution in [2.45, 2.75) is 33.8 Å². The van der Waals surface area contributed by atoms with Gasteiger partial charge in [-0.25, -0.2) is 4.68 Å². The molecule has 0 bridgehead atoms. The highest BCUT2D eigenvalue weighted by molar-refractivity contribution is 6.06. The summed E-state index contributed by atoms with van der Waals surface area (Å²) in [5.74, 6) is -2.29. The van der Waals surface area contributed by atoms with Gasteiger partial charge in [-0.05, 0) is 32.0 Å². The number of rotatable bonds is 13. The molecule has 15 heteroatoms. The molecule has 15 nitrogen and oxygen atoms in total. The molecule has 0 saturated carbocycles. The van der Waals surface area contributed by atoms with Crippen molar-refractivity contribution in [3.8, 4) is 23.1 Å². The maximum absolute atomic E-state index is 13.1. The first-order valence-corrected chi connectivity index (χ1v) is 14.5. The molecule has 0 aliphatic heterocycles. The van der Waals surface area contributed by atoms with Crippen LogP contribution in [-0.4, -0.2) is 75.2 Å². The van der Waals surface area contributed by atoms with Crippen molar-refractivity contribution in [1.29, 1.82) is 0 Å². The Morgan fingerprint density at radius 3 is 2.36 bits per heavy atom. The van der Waals surface area contributed by atoms with E-state index in [1.54, 1.807) is 38.1 Å². The van der Waals surface area contributed by atoms with Gasteiger partial charge in [-0.3, -0.25) is 29.3 Å². The summed E-state index contributed by atoms with van der Waals surface area (Å²) in [6.45, 7) is 4.41. The highest BCUT2D eigenvalue weighted by atomic mass is 16.6. The minimum Gasteiger partial charge on any atom is -0.506 e. The van der Waals surface area contributed by atoms with Crippen molar-refractivity contribution < 1.29 is 43.4 Å². The molecule has 246 valence electrons. The summed E-state index contributed by atoms with van der Waals surface area (Å²) >= 11 is 0. The van der Waals surface area contributed by atoms with Crippen molar-refractivity contribution in [2.24, 2.45) is 0 Å². The number of nitrogens with zero attached hydrogens (tertiary/aromatic N) is 4. The summed E-state index contributed by atoms with van der Waals surface area (Å²) in [6, 6.07) is 13.5. The number of aromatic hydroxyl groups is 1. The van der Waals surface area contributed by atoms with Crippen molar-refractivity contribution in [3.05, 3.63) is 81.5 Å². The fraction of sp³-hybridized carbons (Fsp3) is 0.281. The second-order valence-electron chi connectivity index (χ2n) is 10.2. The maximum Gasteiger partial charge on any atom is 0.325 e. The summed E-state index contributed by atoms with van der Waals surface area (Å²) in [5, 5.41) is 30.1. The Labute approximate surface area is 268 Å². The number of esters is 2. The summed E-state index contributed by atoms with van der Waals surface area (Å²) in [6.07, 6.45) is -0.0852. The molecule has 4 rings (SSSR count). The van der Waals surface area contributed by atoms with Crippen LogP contribution in [0.25, 0.3) is 16.5 Å². The van der Waals surface area contributed by atoms with Gasteiger partial charge in [0.1, 0.15) is 24.7 Å². The van der Waals surface area contributed by atoms with Crippen LogP contribution >= 0.6 is 0 Å². The number of non-ortho nitro benzene ring substituents is 1. The molecule has 0 saturated heterocycles. The Bertz CT molecular complexity index is 1830. The molecule has 0 aliphatic rings. The number of aryl methyl sites for hydroxylation is 1. The van der Waals surface area contributed by atoms with Crippen LogP contribution in [0.1, 0.15) is 41.9 Å². The number of ether oxygens (including phenoxy) is 3. The fourth-order valence-corrected chi connectivity index (χ4v) is 4.66. The van der Waals surface area contributed by atoms with Gasteiger partial charge in [-0.1, -0.05) is 24.3 Å². The van der Waals surface area contributed by atoms with E-state index in [1.807, 2.05) is 0 Å². The number of phenols is 1. The molecule has 0 radical (unpaired) electrons. The van der Waals surface area contributed by atoms with E-state index in [0.29, 0.717) is 28.9 Å². The second kappa shape index (κ2) is 14.9. The number of carbonyl (C=O) groups excluding carboxylic acids is 4. The average molecular weight is 648 g/mol. The van der Waals surface area contributed by atoms with Crippen molar-refractivity contribution in [1.82, 2.24) is 20.0 Å². The van der Waals surface area contributed by atoms with Crippen LogP contribution in [-0.2, 0) is 30.5 Å². The number of nitro benzene ring substituents is 1. The van der Waals surface area contributed by atoms with E-state index in [4.69, 9.17) is 9.47 Å².